The van der Waals surface area contributed by atoms with Gasteiger partial charge in [-0.15, -0.1) is 0 Å². The molecule has 0 bridgehead atoms. The second-order valence-corrected chi connectivity index (χ2v) is 8.88. The summed E-state index contributed by atoms with van der Waals surface area (Å²) in [4.78, 5) is 11.4. The number of methoxy groups -OCH3 is 1. The Morgan fingerprint density at radius 2 is 1.57 bits per heavy atom. The van der Waals surface area contributed by atoms with Crippen molar-refractivity contribution < 1.29 is 22.6 Å². The number of aromatic nitrogens is 2. The highest BCUT2D eigenvalue weighted by molar-refractivity contribution is 5.80. The topological polar surface area (TPSA) is 71.5 Å². The van der Waals surface area contributed by atoms with Crippen LogP contribution in [0.25, 0.3) is 11.1 Å². The first-order chi connectivity index (χ1) is 19.3. The van der Waals surface area contributed by atoms with Gasteiger partial charge in [-0.2, -0.15) is 18.2 Å². The maximum Gasteiger partial charge on any atom is 0.416 e. The Balaban J connectivity index is 1.57. The van der Waals surface area contributed by atoms with Crippen molar-refractivity contribution in [2.24, 2.45) is 0 Å². The number of rotatable bonds is 12. The summed E-state index contributed by atoms with van der Waals surface area (Å²) < 4.78 is 50.6. The van der Waals surface area contributed by atoms with E-state index in [1.165, 1.54) is 12.1 Å². The van der Waals surface area contributed by atoms with Crippen molar-refractivity contribution >= 4 is 23.1 Å². The minimum atomic E-state index is -4.42. The SMILES string of the molecule is CCN(CC)CCOc1ccc(Nc2ncc(-c3ccc(C(F)(F)F)cc3)c(Nc3ccccc3OC)n2)cc1. The van der Waals surface area contributed by atoms with E-state index in [-0.39, 0.29) is 0 Å². The van der Waals surface area contributed by atoms with Crippen LogP contribution in [0.1, 0.15) is 19.4 Å². The third-order valence-electron chi connectivity index (χ3n) is 6.35. The number of hydrogen-bond acceptors (Lipinski definition) is 7. The number of nitrogens with zero attached hydrogens (tertiary/aromatic N) is 3. The monoisotopic (exact) mass is 551 g/mol. The molecule has 40 heavy (non-hydrogen) atoms. The van der Waals surface area contributed by atoms with Crippen LogP contribution in [0.2, 0.25) is 0 Å². The fraction of sp³-hybridized carbons (Fsp3) is 0.267. The van der Waals surface area contributed by atoms with E-state index >= 15 is 0 Å². The van der Waals surface area contributed by atoms with Gasteiger partial charge in [0.2, 0.25) is 5.95 Å². The van der Waals surface area contributed by atoms with Crippen LogP contribution in [0, 0.1) is 0 Å². The van der Waals surface area contributed by atoms with Gasteiger partial charge in [-0.3, -0.25) is 0 Å². The van der Waals surface area contributed by atoms with E-state index in [2.05, 4.69) is 39.3 Å². The molecule has 0 fully saturated rings. The summed E-state index contributed by atoms with van der Waals surface area (Å²) >= 11 is 0. The Morgan fingerprint density at radius 1 is 0.875 bits per heavy atom. The van der Waals surface area contributed by atoms with Gasteiger partial charge in [0.05, 0.1) is 18.4 Å². The Hall–Kier alpha value is -4.31. The molecule has 0 aliphatic rings. The zero-order valence-corrected chi connectivity index (χ0v) is 22.6. The largest absolute Gasteiger partial charge is 0.495 e. The zero-order chi connectivity index (χ0) is 28.5. The van der Waals surface area contributed by atoms with Crippen LogP contribution < -0.4 is 20.1 Å². The number of para-hydroxylation sites is 2. The number of hydrogen-bond donors (Lipinski definition) is 2. The summed E-state index contributed by atoms with van der Waals surface area (Å²) in [5.41, 5.74) is 1.73. The van der Waals surface area contributed by atoms with Crippen molar-refractivity contribution in [3.63, 3.8) is 0 Å². The van der Waals surface area contributed by atoms with E-state index in [1.807, 2.05) is 42.5 Å². The standard InChI is InChI=1S/C30H32F3N5O2/c1-4-38(5-2)18-19-40-24-16-14-23(15-17-24)35-29-34-20-25(21-10-12-22(13-11-21)30(31,32)33)28(37-29)36-26-8-6-7-9-27(26)39-3/h6-17,20H,4-5,18-19H2,1-3H3,(H2,34,35,36,37). The van der Waals surface area contributed by atoms with Crippen LogP contribution in [-0.4, -0.2) is 48.2 Å². The predicted molar refractivity (Wildman–Crippen MR) is 152 cm³/mol. The van der Waals surface area contributed by atoms with Crippen LogP contribution in [0.15, 0.2) is 79.0 Å². The average molecular weight is 552 g/mol. The van der Waals surface area contributed by atoms with E-state index in [0.29, 0.717) is 40.9 Å². The van der Waals surface area contributed by atoms with E-state index in [1.54, 1.807) is 19.4 Å². The Morgan fingerprint density at radius 3 is 2.23 bits per heavy atom. The molecule has 4 rings (SSSR count). The molecule has 210 valence electrons. The lowest BCUT2D eigenvalue weighted by Crippen LogP contribution is -2.27. The molecule has 0 unspecified atom stereocenters. The third kappa shape index (κ3) is 7.41. The molecule has 3 aromatic carbocycles. The molecule has 1 aromatic heterocycles. The number of halogens is 3. The van der Waals surface area contributed by atoms with Gasteiger partial charge >= 0.3 is 6.18 Å². The second-order valence-electron chi connectivity index (χ2n) is 8.88. The number of alkyl halides is 3. The van der Waals surface area contributed by atoms with E-state index in [0.717, 1.165) is 43.2 Å². The number of ether oxygens (including phenoxy) is 2. The molecule has 2 N–H and O–H groups in total. The summed E-state index contributed by atoms with van der Waals surface area (Å²) in [6, 6.07) is 19.7. The van der Waals surface area contributed by atoms with Gasteiger partial charge in [0.1, 0.15) is 23.9 Å². The second kappa shape index (κ2) is 13.2. The quantitative estimate of drug-likeness (QED) is 0.190. The van der Waals surface area contributed by atoms with Crippen LogP contribution in [0.3, 0.4) is 0 Å². The maximum absolute atomic E-state index is 13.1. The smallest absolute Gasteiger partial charge is 0.416 e. The molecular formula is C30H32F3N5O2. The Labute approximate surface area is 232 Å². The van der Waals surface area contributed by atoms with Crippen LogP contribution in [0.4, 0.5) is 36.3 Å². The summed E-state index contributed by atoms with van der Waals surface area (Å²) in [6.45, 7) is 7.66. The molecule has 7 nitrogen and oxygen atoms in total. The lowest BCUT2D eigenvalue weighted by Gasteiger charge is -2.18. The summed E-state index contributed by atoms with van der Waals surface area (Å²) in [6.07, 6.45) is -2.85. The highest BCUT2D eigenvalue weighted by atomic mass is 19.4. The molecule has 0 spiro atoms. The van der Waals surface area contributed by atoms with E-state index < -0.39 is 11.7 Å². The van der Waals surface area contributed by atoms with Crippen molar-refractivity contribution in [2.45, 2.75) is 20.0 Å². The van der Waals surface area contributed by atoms with Gasteiger partial charge in [0.25, 0.3) is 0 Å². The van der Waals surface area contributed by atoms with Crippen molar-refractivity contribution in [2.75, 3.05) is 44.0 Å². The lowest BCUT2D eigenvalue weighted by molar-refractivity contribution is -0.137. The molecule has 0 saturated heterocycles. The van der Waals surface area contributed by atoms with Gasteiger partial charge in [-0.25, -0.2) is 4.98 Å². The van der Waals surface area contributed by atoms with Crippen LogP contribution in [-0.2, 0) is 6.18 Å². The van der Waals surface area contributed by atoms with Crippen molar-refractivity contribution in [1.82, 2.24) is 14.9 Å². The molecule has 0 aliphatic heterocycles. The van der Waals surface area contributed by atoms with Crippen molar-refractivity contribution in [3.8, 4) is 22.6 Å². The van der Waals surface area contributed by atoms with Crippen LogP contribution >= 0.6 is 0 Å². The molecule has 1 heterocycles. The minimum absolute atomic E-state index is 0.309. The Bertz CT molecular complexity index is 1380. The highest BCUT2D eigenvalue weighted by Gasteiger charge is 2.30. The molecular weight excluding hydrogens is 519 g/mol. The fourth-order valence-corrected chi connectivity index (χ4v) is 4.06. The number of nitrogens with one attached hydrogen (secondary N) is 2. The predicted octanol–water partition coefficient (Wildman–Crippen LogP) is 7.38. The van der Waals surface area contributed by atoms with Crippen molar-refractivity contribution in [3.05, 3.63) is 84.6 Å². The zero-order valence-electron chi connectivity index (χ0n) is 22.6. The van der Waals surface area contributed by atoms with Gasteiger partial charge in [0, 0.05) is 24.0 Å². The molecule has 0 aliphatic carbocycles. The summed E-state index contributed by atoms with van der Waals surface area (Å²) in [5.74, 6) is 2.06. The summed E-state index contributed by atoms with van der Waals surface area (Å²) in [7, 11) is 1.56. The molecule has 0 radical (unpaired) electrons. The molecule has 0 atom stereocenters. The van der Waals surface area contributed by atoms with Crippen LogP contribution in [0.5, 0.6) is 11.5 Å². The van der Waals surface area contributed by atoms with Gasteiger partial charge in [-0.1, -0.05) is 38.1 Å². The minimum Gasteiger partial charge on any atom is -0.495 e. The van der Waals surface area contributed by atoms with E-state index in [9.17, 15) is 13.2 Å². The number of anilines is 4. The first-order valence-electron chi connectivity index (χ1n) is 13.0. The van der Waals surface area contributed by atoms with E-state index in [4.69, 9.17) is 9.47 Å². The average Bonchev–Trinajstić information content (AvgIpc) is 2.96. The highest BCUT2D eigenvalue weighted by Crippen LogP contribution is 2.35. The molecule has 0 saturated carbocycles. The maximum atomic E-state index is 13.1. The molecule has 0 amide bonds. The first kappa shape index (κ1) is 28.7. The number of benzene rings is 3. The Kier molecular flexibility index (Phi) is 9.44. The normalized spacial score (nSPS) is 11.4. The summed E-state index contributed by atoms with van der Waals surface area (Å²) in [5, 5.41) is 6.43. The van der Waals surface area contributed by atoms with Gasteiger partial charge in [0.15, 0.2) is 0 Å². The number of likely N-dealkylation sites (N-methyl/N-ethyl adjacent to an activating group) is 1. The van der Waals surface area contributed by atoms with Crippen molar-refractivity contribution in [1.29, 1.82) is 0 Å². The van der Waals surface area contributed by atoms with Gasteiger partial charge in [-0.05, 0) is 67.2 Å². The third-order valence-corrected chi connectivity index (χ3v) is 6.35. The molecule has 10 heteroatoms. The first-order valence-corrected chi connectivity index (χ1v) is 13.0. The molecule has 4 aromatic rings. The lowest BCUT2D eigenvalue weighted by atomic mass is 10.1. The fourth-order valence-electron chi connectivity index (χ4n) is 4.06. The van der Waals surface area contributed by atoms with Gasteiger partial charge < -0.3 is 25.0 Å².